The number of rotatable bonds is 4. The Balaban J connectivity index is 0.000000163. The highest BCUT2D eigenvalue weighted by atomic mass is 16.2. The van der Waals surface area contributed by atoms with Gasteiger partial charge in [0.25, 0.3) is 17.4 Å². The van der Waals surface area contributed by atoms with Crippen molar-refractivity contribution in [2.75, 3.05) is 35.2 Å². The number of aromatic nitrogens is 12. The molecule has 7 heterocycles. The van der Waals surface area contributed by atoms with Crippen LogP contribution in [0.2, 0.25) is 0 Å². The first-order valence-corrected chi connectivity index (χ1v) is 26.6. The summed E-state index contributed by atoms with van der Waals surface area (Å²) < 4.78 is 0. The number of nitrogens with two attached hydrogens (primary N) is 5. The van der Waals surface area contributed by atoms with Crippen LogP contribution < -0.4 is 34.2 Å². The highest BCUT2D eigenvalue weighted by molar-refractivity contribution is 6.21. The number of H-pyrrole nitrogens is 1. The van der Waals surface area contributed by atoms with Crippen LogP contribution in [0.25, 0.3) is 44.3 Å². The third-order valence-electron chi connectivity index (χ3n) is 11.7. The van der Waals surface area contributed by atoms with Gasteiger partial charge in [-0.15, -0.1) is 0 Å². The van der Waals surface area contributed by atoms with Crippen LogP contribution in [-0.2, 0) is 24.7 Å². The fourth-order valence-corrected chi connectivity index (χ4v) is 8.33. The van der Waals surface area contributed by atoms with Crippen molar-refractivity contribution >= 4 is 85.6 Å². The van der Waals surface area contributed by atoms with Crippen molar-refractivity contribution in [1.82, 2.24) is 64.7 Å². The van der Waals surface area contributed by atoms with E-state index < -0.39 is 0 Å². The fraction of sp³-hybridized carbons (Fsp3) is 0.400. The van der Waals surface area contributed by atoms with Crippen molar-refractivity contribution in [2.45, 2.75) is 129 Å². The SMILES string of the molecule is CC(C)(C)CN1C(=O)c2ccccc2C1=O.CC(C)(C)Cc1ccc2nc(N)nc(N)c2c1.CC(C)(C)Cc1cnc2nc(N)[nH]c(=O)c2n1.CC(C)(C)Cc1cnc2nc(N)nc(N)c2n1.CC(C)(C)c1cnc2ccccc2n1. The molecule has 0 unspecified atom stereocenters. The van der Waals surface area contributed by atoms with Gasteiger partial charge in [0, 0.05) is 23.5 Å². The Morgan fingerprint density at radius 3 is 1.52 bits per heavy atom. The molecular weight excluding hydrogens is 1020 g/mol. The molecule has 9 aromatic rings. The highest BCUT2D eigenvalue weighted by Gasteiger charge is 2.37. The number of imide groups is 1. The van der Waals surface area contributed by atoms with Gasteiger partial charge in [0.2, 0.25) is 17.8 Å². The summed E-state index contributed by atoms with van der Waals surface area (Å²) >= 11 is 0. The molecule has 0 aliphatic carbocycles. The van der Waals surface area contributed by atoms with Crippen LogP contribution in [0.3, 0.4) is 0 Å². The second-order valence-corrected chi connectivity index (χ2v) is 25.8. The van der Waals surface area contributed by atoms with E-state index in [1.54, 1.807) is 36.7 Å². The Labute approximate surface area is 472 Å². The highest BCUT2D eigenvalue weighted by Crippen LogP contribution is 2.29. The lowest BCUT2D eigenvalue weighted by Crippen LogP contribution is -2.37. The number of benzene rings is 3. The lowest BCUT2D eigenvalue weighted by molar-refractivity contribution is 0.0600. The van der Waals surface area contributed by atoms with Crippen LogP contribution in [0.5, 0.6) is 0 Å². The second-order valence-electron chi connectivity index (χ2n) is 25.8. The lowest BCUT2D eigenvalue weighted by atomic mass is 9.88. The van der Waals surface area contributed by atoms with Gasteiger partial charge >= 0.3 is 0 Å². The van der Waals surface area contributed by atoms with Gasteiger partial charge in [-0.2, -0.15) is 19.9 Å². The molecule has 11 N–H and O–H groups in total. The zero-order valence-corrected chi connectivity index (χ0v) is 49.4. The number of nitrogens with one attached hydrogen (secondary N) is 1. The van der Waals surface area contributed by atoms with Gasteiger partial charge in [0.15, 0.2) is 28.1 Å². The minimum Gasteiger partial charge on any atom is -0.383 e. The van der Waals surface area contributed by atoms with Gasteiger partial charge < -0.3 is 28.7 Å². The molecule has 0 radical (unpaired) electrons. The predicted octanol–water partition coefficient (Wildman–Crippen LogP) is 9.70. The Bertz CT molecular complexity index is 3650. The zero-order chi connectivity index (χ0) is 60.0. The Hall–Kier alpha value is -8.88. The van der Waals surface area contributed by atoms with Gasteiger partial charge in [-0.1, -0.05) is 134 Å². The Kier molecular flexibility index (Phi) is 18.4. The van der Waals surface area contributed by atoms with E-state index in [1.165, 1.54) is 10.5 Å². The van der Waals surface area contributed by atoms with E-state index in [2.05, 4.69) is 155 Å². The van der Waals surface area contributed by atoms with E-state index in [9.17, 15) is 14.4 Å². The molecule has 426 valence electrons. The number of aromatic amines is 1. The summed E-state index contributed by atoms with van der Waals surface area (Å²) in [5, 5.41) is 0.876. The molecule has 1 aliphatic rings. The van der Waals surface area contributed by atoms with Crippen LogP contribution in [0, 0.1) is 21.7 Å². The Morgan fingerprint density at radius 2 is 0.975 bits per heavy atom. The summed E-state index contributed by atoms with van der Waals surface area (Å²) in [5.74, 6) is 0.775. The maximum atomic E-state index is 12.0. The van der Waals surface area contributed by atoms with Gasteiger partial charge in [-0.3, -0.25) is 29.3 Å². The molecule has 81 heavy (non-hydrogen) atoms. The minimum absolute atomic E-state index is 0.0559. The molecule has 21 nitrogen and oxygen atoms in total. The van der Waals surface area contributed by atoms with Crippen molar-refractivity contribution in [2.24, 2.45) is 21.7 Å². The average molecular weight is 1100 g/mol. The monoisotopic (exact) mass is 1100 g/mol. The first-order valence-electron chi connectivity index (χ1n) is 26.6. The summed E-state index contributed by atoms with van der Waals surface area (Å²) in [6.07, 6.45) is 7.77. The second kappa shape index (κ2) is 24.2. The number of hydrogen-bond donors (Lipinski definition) is 6. The van der Waals surface area contributed by atoms with E-state index >= 15 is 0 Å². The van der Waals surface area contributed by atoms with E-state index in [0.29, 0.717) is 34.7 Å². The molecule has 2 amide bonds. The fourth-order valence-electron chi connectivity index (χ4n) is 8.33. The number of nitrogen functional groups attached to an aromatic ring is 5. The van der Waals surface area contributed by atoms with Crippen molar-refractivity contribution < 1.29 is 9.59 Å². The van der Waals surface area contributed by atoms with E-state index in [4.69, 9.17) is 28.7 Å². The number of hydrogen-bond acceptors (Lipinski definition) is 19. The minimum atomic E-state index is -0.351. The number of carbonyl (C=O) groups is 2. The standard InChI is InChI=1S/C13H18N4.C13H15NO2.C12H14N2.C11H16N6.C11H15N5O/c1-13(2,3)7-8-4-5-10-9(6-8)11(14)17-12(15)16-10;1-13(2,3)8-14-11(15)9-6-4-5-7-10(9)12(14)16;1-12(2,3)11-8-13-9-6-4-5-7-10(9)14-11;1-11(2,3)4-6-5-14-9-7(15-6)8(12)16-10(13)17-9;1-11(2,3)4-6-5-13-8-7(14-6)9(17)16-10(12)15-8/h4-6H,7H2,1-3H3,(H4,14,15,16,17);4-7H,8H2,1-3H3;4-8H,1-3H3;5H,4H2,1-3H3,(H4,12,13,14,16,17);5H,4H2,1-3H3,(H3,12,13,15,16,17). The number of anilines is 5. The quantitative estimate of drug-likeness (QED) is 0.0893. The lowest BCUT2D eigenvalue weighted by Gasteiger charge is -2.24. The van der Waals surface area contributed by atoms with Gasteiger partial charge in [-0.25, -0.2) is 29.9 Å². The normalized spacial score (nSPS) is 12.7. The molecule has 0 bridgehead atoms. The number of amides is 2. The summed E-state index contributed by atoms with van der Waals surface area (Å²) in [6.45, 7) is 32.3. The maximum absolute atomic E-state index is 12.0. The maximum Gasteiger partial charge on any atom is 0.280 e. The first kappa shape index (κ1) is 61.3. The molecular formula is C60H78N18O3. The third-order valence-corrected chi connectivity index (χ3v) is 11.7. The summed E-state index contributed by atoms with van der Waals surface area (Å²) in [7, 11) is 0. The van der Waals surface area contributed by atoms with Crippen molar-refractivity contribution in [3.05, 3.63) is 129 Å². The van der Waals surface area contributed by atoms with Crippen LogP contribution >= 0.6 is 0 Å². The first-order chi connectivity index (χ1) is 37.5. The van der Waals surface area contributed by atoms with Crippen molar-refractivity contribution in [3.8, 4) is 0 Å². The molecule has 0 fully saturated rings. The van der Waals surface area contributed by atoms with Gasteiger partial charge in [-0.05, 0) is 82.9 Å². The van der Waals surface area contributed by atoms with E-state index in [0.717, 1.165) is 58.3 Å². The van der Waals surface area contributed by atoms with E-state index in [1.807, 2.05) is 57.3 Å². The van der Waals surface area contributed by atoms with Crippen LogP contribution in [0.4, 0.5) is 29.5 Å². The third kappa shape index (κ3) is 17.6. The van der Waals surface area contributed by atoms with Crippen LogP contribution in [0.1, 0.15) is 147 Å². The Morgan fingerprint density at radius 1 is 0.469 bits per heavy atom. The molecule has 3 aromatic carbocycles. The largest absolute Gasteiger partial charge is 0.383 e. The van der Waals surface area contributed by atoms with E-state index in [-0.39, 0.29) is 79.3 Å². The van der Waals surface area contributed by atoms with Crippen molar-refractivity contribution in [1.29, 1.82) is 0 Å². The summed E-state index contributed by atoms with van der Waals surface area (Å²) in [5.41, 5.74) is 37.4. The van der Waals surface area contributed by atoms with Gasteiger partial charge in [0.1, 0.15) is 5.82 Å². The average Bonchev–Trinajstić information content (AvgIpc) is 3.66. The molecule has 21 heteroatoms. The van der Waals surface area contributed by atoms with Crippen LogP contribution in [0.15, 0.2) is 90.1 Å². The predicted molar refractivity (Wildman–Crippen MR) is 324 cm³/mol. The molecule has 6 aromatic heterocycles. The topological polar surface area (TPSA) is 342 Å². The van der Waals surface area contributed by atoms with Crippen LogP contribution in [-0.4, -0.2) is 83.1 Å². The number of para-hydroxylation sites is 2. The van der Waals surface area contributed by atoms with Gasteiger partial charge in [0.05, 0.1) is 57.2 Å². The number of fused-ring (bicyclic) bond motifs is 5. The molecule has 10 rings (SSSR count). The van der Waals surface area contributed by atoms with Crippen molar-refractivity contribution in [3.63, 3.8) is 0 Å². The zero-order valence-electron chi connectivity index (χ0n) is 49.4. The summed E-state index contributed by atoms with van der Waals surface area (Å²) in [4.78, 5) is 85.3. The molecule has 0 saturated carbocycles. The smallest absolute Gasteiger partial charge is 0.280 e. The molecule has 1 aliphatic heterocycles. The molecule has 0 saturated heterocycles. The molecule has 0 atom stereocenters. The number of nitrogens with zero attached hydrogens (tertiary/aromatic N) is 12. The summed E-state index contributed by atoms with van der Waals surface area (Å²) in [6, 6.07) is 21.0. The molecule has 0 spiro atoms. The number of carbonyl (C=O) groups excluding carboxylic acids is 2.